The Labute approximate surface area is 116 Å². The Balaban J connectivity index is 1.67. The van der Waals surface area contributed by atoms with Crippen LogP contribution in [0.2, 0.25) is 0 Å². The molecule has 19 heavy (non-hydrogen) atoms. The van der Waals surface area contributed by atoms with Crippen LogP contribution in [0, 0.1) is 0 Å². The van der Waals surface area contributed by atoms with E-state index in [-0.39, 0.29) is 12.0 Å². The number of likely N-dealkylation sites (N-methyl/N-ethyl adjacent to an activating group) is 1. The number of rotatable bonds is 7. The summed E-state index contributed by atoms with van der Waals surface area (Å²) in [5.74, 6) is -0.140. The summed E-state index contributed by atoms with van der Waals surface area (Å²) >= 11 is 0. The first-order valence-electron chi connectivity index (χ1n) is 7.52. The summed E-state index contributed by atoms with van der Waals surface area (Å²) in [5.41, 5.74) is 0. The normalized spacial score (nSPS) is 23.3. The van der Waals surface area contributed by atoms with E-state index in [0.29, 0.717) is 0 Å². The third-order valence-electron chi connectivity index (χ3n) is 4.14. The maximum atomic E-state index is 11.6. The summed E-state index contributed by atoms with van der Waals surface area (Å²) in [6.45, 7) is 8.45. The van der Waals surface area contributed by atoms with Gasteiger partial charge >= 0.3 is 5.97 Å². The Morgan fingerprint density at radius 2 is 2.00 bits per heavy atom. The second-order valence-electron chi connectivity index (χ2n) is 5.53. The molecular weight excluding hydrogens is 242 g/mol. The lowest BCUT2D eigenvalue weighted by atomic mass is 10.2. The van der Waals surface area contributed by atoms with Crippen molar-refractivity contribution in [1.29, 1.82) is 0 Å². The molecule has 0 aromatic carbocycles. The van der Waals surface area contributed by atoms with Gasteiger partial charge in [0.2, 0.25) is 0 Å². The van der Waals surface area contributed by atoms with E-state index in [1.807, 2.05) is 6.92 Å². The molecule has 0 aromatic heterocycles. The number of methoxy groups -OCH3 is 1. The first-order chi connectivity index (χ1) is 9.24. The van der Waals surface area contributed by atoms with Crippen molar-refractivity contribution in [3.63, 3.8) is 0 Å². The van der Waals surface area contributed by atoms with Gasteiger partial charge in [0.25, 0.3) is 0 Å². The highest BCUT2D eigenvalue weighted by molar-refractivity contribution is 5.75. The maximum Gasteiger partial charge on any atom is 0.322 e. The van der Waals surface area contributed by atoms with Gasteiger partial charge in [0.05, 0.1) is 7.11 Å². The molecule has 110 valence electrons. The van der Waals surface area contributed by atoms with Gasteiger partial charge < -0.3 is 15.0 Å². The molecule has 2 aliphatic rings. The van der Waals surface area contributed by atoms with Crippen molar-refractivity contribution in [3.8, 4) is 0 Å². The molecule has 1 saturated carbocycles. The lowest BCUT2D eigenvalue weighted by molar-refractivity contribution is -0.143. The predicted molar refractivity (Wildman–Crippen MR) is 75.1 cm³/mol. The van der Waals surface area contributed by atoms with E-state index in [0.717, 1.165) is 38.6 Å². The average Bonchev–Trinajstić information content (AvgIpc) is 3.28. The zero-order valence-electron chi connectivity index (χ0n) is 12.2. The predicted octanol–water partition coefficient (Wildman–Crippen LogP) is 0.308. The quantitative estimate of drug-likeness (QED) is 0.674. The lowest BCUT2D eigenvalue weighted by Gasteiger charge is -2.35. The van der Waals surface area contributed by atoms with Crippen LogP contribution in [0.5, 0.6) is 0 Å². The first kappa shape index (κ1) is 14.8. The van der Waals surface area contributed by atoms with Gasteiger partial charge in [-0.15, -0.1) is 0 Å². The van der Waals surface area contributed by atoms with Crippen molar-refractivity contribution in [1.82, 2.24) is 15.1 Å². The number of nitrogens with zero attached hydrogens (tertiary/aromatic N) is 2. The number of piperazine rings is 1. The smallest absolute Gasteiger partial charge is 0.322 e. The second kappa shape index (κ2) is 7.22. The Kier molecular flexibility index (Phi) is 5.60. The molecule has 2 rings (SSSR count). The number of nitrogens with one attached hydrogen (secondary N) is 1. The van der Waals surface area contributed by atoms with E-state index in [9.17, 15) is 4.79 Å². The zero-order chi connectivity index (χ0) is 13.7. The van der Waals surface area contributed by atoms with Gasteiger partial charge in [-0.05, 0) is 25.8 Å². The first-order valence-corrected chi connectivity index (χ1v) is 7.52. The average molecular weight is 269 g/mol. The number of hydrogen-bond donors (Lipinski definition) is 1. The van der Waals surface area contributed by atoms with Gasteiger partial charge in [0.15, 0.2) is 0 Å². The minimum atomic E-state index is -0.156. The van der Waals surface area contributed by atoms with Crippen molar-refractivity contribution >= 4 is 5.97 Å². The van der Waals surface area contributed by atoms with Crippen LogP contribution in [0.4, 0.5) is 0 Å². The van der Waals surface area contributed by atoms with Gasteiger partial charge in [-0.2, -0.15) is 0 Å². The van der Waals surface area contributed by atoms with Gasteiger partial charge in [-0.1, -0.05) is 6.92 Å². The summed E-state index contributed by atoms with van der Waals surface area (Å²) in [5, 5.41) is 3.20. The fourth-order valence-electron chi connectivity index (χ4n) is 2.80. The Hall–Kier alpha value is -0.650. The third kappa shape index (κ3) is 4.44. The van der Waals surface area contributed by atoms with Crippen molar-refractivity contribution in [2.24, 2.45) is 0 Å². The number of esters is 1. The van der Waals surface area contributed by atoms with Gasteiger partial charge in [0.1, 0.15) is 6.04 Å². The van der Waals surface area contributed by atoms with Gasteiger partial charge in [-0.3, -0.25) is 9.69 Å². The highest BCUT2D eigenvalue weighted by Crippen LogP contribution is 2.27. The molecule has 0 radical (unpaired) electrons. The lowest BCUT2D eigenvalue weighted by Crippen LogP contribution is -2.49. The summed E-state index contributed by atoms with van der Waals surface area (Å²) < 4.78 is 4.83. The molecule has 1 saturated heterocycles. The number of hydrogen-bond acceptors (Lipinski definition) is 5. The van der Waals surface area contributed by atoms with Crippen LogP contribution in [0.1, 0.15) is 26.2 Å². The van der Waals surface area contributed by atoms with Crippen molar-refractivity contribution in [2.75, 3.05) is 46.4 Å². The Morgan fingerprint density at radius 1 is 1.32 bits per heavy atom. The molecule has 5 heteroatoms. The highest BCUT2D eigenvalue weighted by Gasteiger charge is 2.31. The Morgan fingerprint density at radius 3 is 2.53 bits per heavy atom. The van der Waals surface area contributed by atoms with Gasteiger partial charge in [0, 0.05) is 38.8 Å². The summed E-state index contributed by atoms with van der Waals surface area (Å²) in [6.07, 6.45) is 3.62. The van der Waals surface area contributed by atoms with E-state index in [2.05, 4.69) is 15.1 Å². The fourth-order valence-corrected chi connectivity index (χ4v) is 2.80. The molecule has 0 amide bonds. The standard InChI is InChI=1S/C14H27N3O2/c1-3-15-13(14(18)19-2)6-7-16-8-10-17(11-9-16)12-4-5-12/h12-13,15H,3-11H2,1-2H3. The molecule has 1 heterocycles. The molecule has 0 spiro atoms. The number of ether oxygens (including phenoxy) is 1. The van der Waals surface area contributed by atoms with Crippen LogP contribution in [0.15, 0.2) is 0 Å². The van der Waals surface area contributed by atoms with Crippen LogP contribution in [-0.2, 0) is 9.53 Å². The minimum absolute atomic E-state index is 0.140. The molecule has 1 N–H and O–H groups in total. The fraction of sp³-hybridized carbons (Fsp3) is 0.929. The molecule has 5 nitrogen and oxygen atoms in total. The molecule has 1 aliphatic carbocycles. The van der Waals surface area contributed by atoms with E-state index < -0.39 is 0 Å². The van der Waals surface area contributed by atoms with Crippen molar-refractivity contribution < 1.29 is 9.53 Å². The van der Waals surface area contributed by atoms with Crippen LogP contribution >= 0.6 is 0 Å². The number of carbonyl (C=O) groups excluding carboxylic acids is 1. The molecular formula is C14H27N3O2. The van der Waals surface area contributed by atoms with Crippen LogP contribution in [0.3, 0.4) is 0 Å². The topological polar surface area (TPSA) is 44.8 Å². The van der Waals surface area contributed by atoms with Crippen LogP contribution in [-0.4, -0.2) is 74.2 Å². The number of carbonyl (C=O) groups is 1. The summed E-state index contributed by atoms with van der Waals surface area (Å²) in [4.78, 5) is 16.7. The van der Waals surface area contributed by atoms with Crippen molar-refractivity contribution in [2.45, 2.75) is 38.3 Å². The van der Waals surface area contributed by atoms with E-state index >= 15 is 0 Å². The van der Waals surface area contributed by atoms with Crippen LogP contribution in [0.25, 0.3) is 0 Å². The molecule has 1 aliphatic heterocycles. The van der Waals surface area contributed by atoms with Crippen LogP contribution < -0.4 is 5.32 Å². The molecule has 1 atom stereocenters. The van der Waals surface area contributed by atoms with E-state index in [4.69, 9.17) is 4.74 Å². The zero-order valence-corrected chi connectivity index (χ0v) is 12.2. The highest BCUT2D eigenvalue weighted by atomic mass is 16.5. The van der Waals surface area contributed by atoms with E-state index in [1.165, 1.54) is 33.0 Å². The van der Waals surface area contributed by atoms with Gasteiger partial charge in [-0.25, -0.2) is 0 Å². The van der Waals surface area contributed by atoms with E-state index in [1.54, 1.807) is 0 Å². The minimum Gasteiger partial charge on any atom is -0.468 e. The largest absolute Gasteiger partial charge is 0.468 e. The third-order valence-corrected chi connectivity index (χ3v) is 4.14. The monoisotopic (exact) mass is 269 g/mol. The Bertz CT molecular complexity index is 286. The maximum absolute atomic E-state index is 11.6. The molecule has 0 bridgehead atoms. The summed E-state index contributed by atoms with van der Waals surface area (Å²) in [6, 6.07) is 0.725. The van der Waals surface area contributed by atoms with Crippen molar-refractivity contribution in [3.05, 3.63) is 0 Å². The molecule has 2 fully saturated rings. The molecule has 1 unspecified atom stereocenters. The molecule has 0 aromatic rings. The second-order valence-corrected chi connectivity index (χ2v) is 5.53. The summed E-state index contributed by atoms with van der Waals surface area (Å²) in [7, 11) is 1.46. The SMILES string of the molecule is CCNC(CCN1CCN(C2CC2)CC1)C(=O)OC.